The van der Waals surface area contributed by atoms with Crippen LogP contribution in [-0.2, 0) is 0 Å². The number of hydrogen-bond donors (Lipinski definition) is 1. The van der Waals surface area contributed by atoms with Crippen LogP contribution < -0.4 is 0 Å². The SMILES string of the molecule is O=C(CBr)c1cccc(C(O)c2ccccn2)n1. The lowest BCUT2D eigenvalue weighted by Gasteiger charge is -2.10. The minimum atomic E-state index is -0.922. The minimum absolute atomic E-state index is 0.120. The Labute approximate surface area is 113 Å². The van der Waals surface area contributed by atoms with Crippen molar-refractivity contribution < 1.29 is 9.90 Å². The third-order valence-corrected chi connectivity index (χ3v) is 2.94. The van der Waals surface area contributed by atoms with Crippen molar-refractivity contribution in [2.75, 3.05) is 5.33 Å². The first kappa shape index (κ1) is 12.9. The lowest BCUT2D eigenvalue weighted by atomic mass is 10.1. The highest BCUT2D eigenvalue weighted by atomic mass is 79.9. The van der Waals surface area contributed by atoms with Crippen LogP contribution >= 0.6 is 15.9 Å². The maximum Gasteiger partial charge on any atom is 0.191 e. The van der Waals surface area contributed by atoms with E-state index in [0.29, 0.717) is 17.1 Å². The quantitative estimate of drug-likeness (QED) is 0.694. The number of carbonyl (C=O) groups is 1. The van der Waals surface area contributed by atoms with Gasteiger partial charge in [-0.25, -0.2) is 4.98 Å². The van der Waals surface area contributed by atoms with Crippen LogP contribution in [0.25, 0.3) is 0 Å². The van der Waals surface area contributed by atoms with Gasteiger partial charge >= 0.3 is 0 Å². The molecule has 0 saturated carbocycles. The van der Waals surface area contributed by atoms with Gasteiger partial charge in [0.05, 0.1) is 16.7 Å². The van der Waals surface area contributed by atoms with Crippen LogP contribution in [0, 0.1) is 0 Å². The van der Waals surface area contributed by atoms with Crippen LogP contribution in [0.2, 0.25) is 0 Å². The number of hydrogen-bond acceptors (Lipinski definition) is 4. The molecule has 2 aromatic heterocycles. The Kier molecular flexibility index (Phi) is 4.17. The molecule has 18 heavy (non-hydrogen) atoms. The summed E-state index contributed by atoms with van der Waals surface area (Å²) in [6, 6.07) is 10.3. The van der Waals surface area contributed by atoms with E-state index in [2.05, 4.69) is 25.9 Å². The van der Waals surface area contributed by atoms with Gasteiger partial charge < -0.3 is 5.11 Å². The largest absolute Gasteiger partial charge is 0.380 e. The van der Waals surface area contributed by atoms with E-state index in [9.17, 15) is 9.90 Å². The van der Waals surface area contributed by atoms with E-state index < -0.39 is 6.10 Å². The van der Waals surface area contributed by atoms with Crippen molar-refractivity contribution in [1.29, 1.82) is 0 Å². The molecule has 0 aliphatic rings. The Morgan fingerprint density at radius 1 is 1.22 bits per heavy atom. The Balaban J connectivity index is 2.31. The number of aliphatic hydroxyl groups is 1. The third-order valence-electron chi connectivity index (χ3n) is 2.43. The van der Waals surface area contributed by atoms with Crippen LogP contribution in [0.1, 0.15) is 28.0 Å². The van der Waals surface area contributed by atoms with E-state index in [1.807, 2.05) is 0 Å². The second-order valence-electron chi connectivity index (χ2n) is 3.66. The third kappa shape index (κ3) is 2.80. The second kappa shape index (κ2) is 5.84. The average molecular weight is 307 g/mol. The molecule has 2 rings (SSSR count). The van der Waals surface area contributed by atoms with Gasteiger partial charge in [0.25, 0.3) is 0 Å². The maximum atomic E-state index is 11.5. The van der Waals surface area contributed by atoms with Gasteiger partial charge in [0.1, 0.15) is 11.8 Å². The fraction of sp³-hybridized carbons (Fsp3) is 0.154. The summed E-state index contributed by atoms with van der Waals surface area (Å²) < 4.78 is 0. The number of aliphatic hydroxyl groups excluding tert-OH is 1. The molecule has 5 heteroatoms. The normalized spacial score (nSPS) is 12.1. The minimum Gasteiger partial charge on any atom is -0.380 e. The topological polar surface area (TPSA) is 63.1 Å². The fourth-order valence-corrected chi connectivity index (χ4v) is 1.80. The summed E-state index contributed by atoms with van der Waals surface area (Å²) >= 11 is 3.09. The molecule has 0 saturated heterocycles. The Morgan fingerprint density at radius 3 is 2.67 bits per heavy atom. The number of pyridine rings is 2. The molecule has 2 aromatic rings. The van der Waals surface area contributed by atoms with E-state index in [4.69, 9.17) is 0 Å². The van der Waals surface area contributed by atoms with E-state index >= 15 is 0 Å². The summed E-state index contributed by atoms with van der Waals surface area (Å²) in [5.41, 5.74) is 1.26. The van der Waals surface area contributed by atoms with Gasteiger partial charge in [-0.2, -0.15) is 0 Å². The van der Waals surface area contributed by atoms with Gasteiger partial charge in [0.2, 0.25) is 0 Å². The Hall–Kier alpha value is -1.59. The maximum absolute atomic E-state index is 11.5. The van der Waals surface area contributed by atoms with E-state index in [1.165, 1.54) is 0 Å². The van der Waals surface area contributed by atoms with Crippen LogP contribution in [0.3, 0.4) is 0 Å². The molecule has 0 aliphatic heterocycles. The molecule has 0 radical (unpaired) electrons. The molecule has 1 N–H and O–H groups in total. The molecule has 0 aromatic carbocycles. The summed E-state index contributed by atoms with van der Waals surface area (Å²) in [4.78, 5) is 19.7. The molecule has 0 bridgehead atoms. The van der Waals surface area contributed by atoms with Crippen molar-refractivity contribution in [3.05, 3.63) is 59.7 Å². The lowest BCUT2D eigenvalue weighted by Crippen LogP contribution is -2.09. The second-order valence-corrected chi connectivity index (χ2v) is 4.22. The first-order chi connectivity index (χ1) is 8.72. The van der Waals surface area contributed by atoms with Crippen LogP contribution in [-0.4, -0.2) is 26.2 Å². The zero-order valence-corrected chi connectivity index (χ0v) is 11.0. The first-order valence-electron chi connectivity index (χ1n) is 5.37. The van der Waals surface area contributed by atoms with Gasteiger partial charge in [0.15, 0.2) is 5.78 Å². The molecular weight excluding hydrogens is 296 g/mol. The summed E-state index contributed by atoms with van der Waals surface area (Å²) in [6.45, 7) is 0. The number of rotatable bonds is 4. The molecule has 0 fully saturated rings. The van der Waals surface area contributed by atoms with E-state index in [0.717, 1.165) is 0 Å². The van der Waals surface area contributed by atoms with Crippen LogP contribution in [0.15, 0.2) is 42.6 Å². The number of ketones is 1. The van der Waals surface area contributed by atoms with Crippen molar-refractivity contribution in [1.82, 2.24) is 9.97 Å². The highest BCUT2D eigenvalue weighted by molar-refractivity contribution is 9.09. The molecule has 0 amide bonds. The number of aromatic nitrogens is 2. The Morgan fingerprint density at radius 2 is 2.00 bits per heavy atom. The number of alkyl halides is 1. The molecule has 0 aliphatic carbocycles. The van der Waals surface area contributed by atoms with Crippen molar-refractivity contribution >= 4 is 21.7 Å². The van der Waals surface area contributed by atoms with Gasteiger partial charge in [-0.3, -0.25) is 9.78 Å². The summed E-state index contributed by atoms with van der Waals surface area (Å²) in [5.74, 6) is -0.120. The fourth-order valence-electron chi connectivity index (χ4n) is 1.52. The highest BCUT2D eigenvalue weighted by Crippen LogP contribution is 2.18. The smallest absolute Gasteiger partial charge is 0.191 e. The molecular formula is C13H11BrN2O2. The summed E-state index contributed by atoms with van der Waals surface area (Å²) in [6.07, 6.45) is 0.681. The standard InChI is InChI=1S/C13H11BrN2O2/c14-8-12(17)9-5-3-6-11(16-9)13(18)10-4-1-2-7-15-10/h1-7,13,18H,8H2. The lowest BCUT2D eigenvalue weighted by molar-refractivity contribution is 0.101. The first-order valence-corrected chi connectivity index (χ1v) is 6.49. The van der Waals surface area contributed by atoms with Crippen molar-refractivity contribution in [2.45, 2.75) is 6.10 Å². The van der Waals surface area contributed by atoms with Crippen LogP contribution in [0.4, 0.5) is 0 Å². The van der Waals surface area contributed by atoms with Crippen LogP contribution in [0.5, 0.6) is 0 Å². The van der Waals surface area contributed by atoms with Gasteiger partial charge in [-0.1, -0.05) is 28.1 Å². The van der Waals surface area contributed by atoms with E-state index in [-0.39, 0.29) is 11.1 Å². The number of nitrogens with zero attached hydrogens (tertiary/aromatic N) is 2. The van der Waals surface area contributed by atoms with Crippen molar-refractivity contribution in [2.24, 2.45) is 0 Å². The van der Waals surface area contributed by atoms with E-state index in [1.54, 1.807) is 42.6 Å². The van der Waals surface area contributed by atoms with Crippen molar-refractivity contribution in [3.8, 4) is 0 Å². The average Bonchev–Trinajstić information content (AvgIpc) is 2.46. The van der Waals surface area contributed by atoms with Gasteiger partial charge in [-0.05, 0) is 24.3 Å². The molecule has 2 heterocycles. The zero-order valence-electron chi connectivity index (χ0n) is 9.45. The van der Waals surface area contributed by atoms with Crippen molar-refractivity contribution in [3.63, 3.8) is 0 Å². The molecule has 92 valence electrons. The molecule has 4 nitrogen and oxygen atoms in total. The van der Waals surface area contributed by atoms with Gasteiger partial charge in [-0.15, -0.1) is 0 Å². The highest BCUT2D eigenvalue weighted by Gasteiger charge is 2.14. The monoisotopic (exact) mass is 306 g/mol. The summed E-state index contributed by atoms with van der Waals surface area (Å²) in [7, 11) is 0. The molecule has 0 spiro atoms. The number of Topliss-reactive ketones (excluding diaryl/α,β-unsaturated/α-hetero) is 1. The predicted molar refractivity (Wildman–Crippen MR) is 70.7 cm³/mol. The molecule has 1 unspecified atom stereocenters. The Bertz CT molecular complexity index is 546. The van der Waals surface area contributed by atoms with Gasteiger partial charge in [0, 0.05) is 6.20 Å². The zero-order chi connectivity index (χ0) is 13.0. The predicted octanol–water partition coefficient (Wildman–Crippen LogP) is 2.14. The summed E-state index contributed by atoms with van der Waals surface area (Å²) in [5, 5.41) is 10.3. The molecule has 1 atom stereocenters. The number of carbonyl (C=O) groups excluding carboxylic acids is 1. The number of halogens is 1.